The molecule has 5 heteroatoms. The van der Waals surface area contributed by atoms with Crippen LogP contribution < -0.4 is 4.74 Å². The molecule has 1 saturated carbocycles. The van der Waals surface area contributed by atoms with Gasteiger partial charge in [-0.15, -0.1) is 0 Å². The van der Waals surface area contributed by atoms with Crippen LogP contribution in [0.15, 0.2) is 24.3 Å². The van der Waals surface area contributed by atoms with Crippen molar-refractivity contribution in [2.75, 3.05) is 7.11 Å². The number of rotatable bonds is 5. The number of hydrogen-bond acceptors (Lipinski definition) is 3. The van der Waals surface area contributed by atoms with Gasteiger partial charge < -0.3 is 14.6 Å². The van der Waals surface area contributed by atoms with E-state index >= 15 is 0 Å². The second-order valence-electron chi connectivity index (χ2n) is 5.16. The maximum absolute atomic E-state index is 13.6. The van der Waals surface area contributed by atoms with E-state index in [2.05, 4.69) is 0 Å². The summed E-state index contributed by atoms with van der Waals surface area (Å²) < 4.78 is 24.7. The highest BCUT2D eigenvalue weighted by Gasteiger charge is 2.23. The summed E-state index contributed by atoms with van der Waals surface area (Å²) in [4.78, 5) is 10.5. The Morgan fingerprint density at radius 1 is 1.33 bits per heavy atom. The lowest BCUT2D eigenvalue weighted by molar-refractivity contribution is -0.131. The van der Waals surface area contributed by atoms with E-state index in [-0.39, 0.29) is 12.2 Å². The number of carbonyl (C=O) groups is 1. The molecule has 0 spiro atoms. The number of hydrogen-bond donors (Lipinski definition) is 1. The smallest absolute Gasteiger partial charge is 0.328 e. The Kier molecular flexibility index (Phi) is 5.33. The minimum atomic E-state index is -1.07. The van der Waals surface area contributed by atoms with Gasteiger partial charge in [0.1, 0.15) is 17.7 Å². The lowest BCUT2D eigenvalue weighted by Gasteiger charge is -2.28. The van der Waals surface area contributed by atoms with E-state index in [0.717, 1.165) is 31.8 Å². The number of halogens is 1. The third kappa shape index (κ3) is 4.86. The van der Waals surface area contributed by atoms with Crippen molar-refractivity contribution in [3.05, 3.63) is 35.7 Å². The zero-order valence-corrected chi connectivity index (χ0v) is 11.9. The summed E-state index contributed by atoms with van der Waals surface area (Å²) in [5, 5.41) is 8.61. The van der Waals surface area contributed by atoms with Crippen molar-refractivity contribution in [3.63, 3.8) is 0 Å². The van der Waals surface area contributed by atoms with Crippen LogP contribution in [0.1, 0.15) is 31.2 Å². The lowest BCUT2D eigenvalue weighted by atomic mass is 9.95. The molecule has 0 bridgehead atoms. The molecule has 21 heavy (non-hydrogen) atoms. The van der Waals surface area contributed by atoms with E-state index in [1.165, 1.54) is 18.2 Å². The zero-order chi connectivity index (χ0) is 15.2. The molecular formula is C16H19FO4. The van der Waals surface area contributed by atoms with E-state index < -0.39 is 11.8 Å². The van der Waals surface area contributed by atoms with Crippen molar-refractivity contribution >= 4 is 12.0 Å². The van der Waals surface area contributed by atoms with Crippen LogP contribution in [-0.4, -0.2) is 30.4 Å². The molecule has 1 aliphatic rings. The van der Waals surface area contributed by atoms with Crippen molar-refractivity contribution < 1.29 is 23.8 Å². The van der Waals surface area contributed by atoms with Crippen LogP contribution in [0.3, 0.4) is 0 Å². The zero-order valence-electron chi connectivity index (χ0n) is 11.9. The second kappa shape index (κ2) is 7.22. The molecule has 0 radical (unpaired) electrons. The largest absolute Gasteiger partial charge is 0.490 e. The van der Waals surface area contributed by atoms with Crippen LogP contribution in [-0.2, 0) is 9.53 Å². The van der Waals surface area contributed by atoms with Crippen molar-refractivity contribution in [2.45, 2.75) is 37.9 Å². The van der Waals surface area contributed by atoms with Crippen molar-refractivity contribution in [2.24, 2.45) is 0 Å². The first-order chi connectivity index (χ1) is 10.1. The maximum atomic E-state index is 13.6. The van der Waals surface area contributed by atoms with Crippen LogP contribution in [0.5, 0.6) is 5.75 Å². The molecule has 2 atom stereocenters. The van der Waals surface area contributed by atoms with E-state index in [1.807, 2.05) is 0 Å². The SMILES string of the molecule is COC1CCCC(Oc2cc(F)cc(/C=C/C(=O)O)c2)C1. The molecule has 4 nitrogen and oxygen atoms in total. The summed E-state index contributed by atoms with van der Waals surface area (Å²) in [5.41, 5.74) is 0.464. The summed E-state index contributed by atoms with van der Waals surface area (Å²) in [6, 6.07) is 4.22. The van der Waals surface area contributed by atoms with Gasteiger partial charge in [-0.2, -0.15) is 0 Å². The lowest BCUT2D eigenvalue weighted by Crippen LogP contribution is -2.29. The molecule has 0 saturated heterocycles. The second-order valence-corrected chi connectivity index (χ2v) is 5.16. The van der Waals surface area contributed by atoms with E-state index in [4.69, 9.17) is 14.6 Å². The number of aliphatic carboxylic acids is 1. The molecule has 0 heterocycles. The molecule has 1 aromatic carbocycles. The first-order valence-corrected chi connectivity index (χ1v) is 6.98. The van der Waals surface area contributed by atoms with Crippen LogP contribution in [0, 0.1) is 5.82 Å². The summed E-state index contributed by atoms with van der Waals surface area (Å²) in [6.07, 6.45) is 6.24. The van der Waals surface area contributed by atoms with Gasteiger partial charge in [-0.1, -0.05) is 0 Å². The number of methoxy groups -OCH3 is 1. The molecule has 1 aliphatic carbocycles. The first-order valence-electron chi connectivity index (χ1n) is 6.98. The highest BCUT2D eigenvalue weighted by molar-refractivity contribution is 5.85. The fraction of sp³-hybridized carbons (Fsp3) is 0.438. The monoisotopic (exact) mass is 294 g/mol. The van der Waals surface area contributed by atoms with Gasteiger partial charge in [0, 0.05) is 25.7 Å². The molecule has 0 aromatic heterocycles. The first kappa shape index (κ1) is 15.5. The summed E-state index contributed by atoms with van der Waals surface area (Å²) in [7, 11) is 1.68. The Morgan fingerprint density at radius 2 is 2.10 bits per heavy atom. The molecule has 2 rings (SSSR count). The normalized spacial score (nSPS) is 22.4. The average molecular weight is 294 g/mol. The van der Waals surface area contributed by atoms with E-state index in [1.54, 1.807) is 13.2 Å². The van der Waals surface area contributed by atoms with Crippen molar-refractivity contribution in [1.29, 1.82) is 0 Å². The number of carboxylic acids is 1. The third-order valence-corrected chi connectivity index (χ3v) is 3.53. The molecule has 1 fully saturated rings. The Morgan fingerprint density at radius 3 is 2.81 bits per heavy atom. The van der Waals surface area contributed by atoms with Crippen molar-refractivity contribution in [1.82, 2.24) is 0 Å². The average Bonchev–Trinajstić information content (AvgIpc) is 2.45. The highest BCUT2D eigenvalue weighted by atomic mass is 19.1. The van der Waals surface area contributed by atoms with Gasteiger partial charge >= 0.3 is 5.97 Å². The Hall–Kier alpha value is -1.88. The topological polar surface area (TPSA) is 55.8 Å². The molecule has 1 aromatic rings. The van der Waals surface area contributed by atoms with Crippen molar-refractivity contribution in [3.8, 4) is 5.75 Å². The van der Waals surface area contributed by atoms with E-state index in [0.29, 0.717) is 11.3 Å². The summed E-state index contributed by atoms with van der Waals surface area (Å²) >= 11 is 0. The van der Waals surface area contributed by atoms with Crippen LogP contribution >= 0.6 is 0 Å². The highest BCUT2D eigenvalue weighted by Crippen LogP contribution is 2.26. The Bertz CT molecular complexity index is 527. The fourth-order valence-corrected chi connectivity index (χ4v) is 2.53. The Balaban J connectivity index is 2.07. The molecule has 2 unspecified atom stereocenters. The summed E-state index contributed by atoms with van der Waals surface area (Å²) in [6.45, 7) is 0. The van der Waals surface area contributed by atoms with Gasteiger partial charge in [-0.05, 0) is 43.0 Å². The van der Waals surface area contributed by atoms with Gasteiger partial charge in [0.15, 0.2) is 0 Å². The molecule has 0 aliphatic heterocycles. The predicted octanol–water partition coefficient (Wildman–Crippen LogP) is 3.26. The van der Waals surface area contributed by atoms with Gasteiger partial charge in [0.2, 0.25) is 0 Å². The van der Waals surface area contributed by atoms with Crippen LogP contribution in [0.25, 0.3) is 6.08 Å². The fourth-order valence-electron chi connectivity index (χ4n) is 2.53. The van der Waals surface area contributed by atoms with Gasteiger partial charge in [-0.3, -0.25) is 0 Å². The molecule has 1 N–H and O–H groups in total. The van der Waals surface area contributed by atoms with Gasteiger partial charge in [-0.25, -0.2) is 9.18 Å². The van der Waals surface area contributed by atoms with Crippen LogP contribution in [0.2, 0.25) is 0 Å². The van der Waals surface area contributed by atoms with Crippen LogP contribution in [0.4, 0.5) is 4.39 Å². The summed E-state index contributed by atoms with van der Waals surface area (Å²) in [5.74, 6) is -1.10. The van der Waals surface area contributed by atoms with Gasteiger partial charge in [0.25, 0.3) is 0 Å². The number of carboxylic acid groups (broad SMARTS) is 1. The standard InChI is InChI=1S/C16H19FO4/c1-20-13-3-2-4-14(10-13)21-15-8-11(5-6-16(18)19)7-12(17)9-15/h5-9,13-14H,2-4,10H2,1H3,(H,18,19)/b6-5+. The molecular weight excluding hydrogens is 275 g/mol. The Labute approximate surface area is 123 Å². The minimum Gasteiger partial charge on any atom is -0.490 e. The minimum absolute atomic E-state index is 0.00167. The molecule has 0 amide bonds. The van der Waals surface area contributed by atoms with Gasteiger partial charge in [0.05, 0.1) is 6.10 Å². The maximum Gasteiger partial charge on any atom is 0.328 e. The quantitative estimate of drug-likeness (QED) is 0.847. The van der Waals surface area contributed by atoms with E-state index in [9.17, 15) is 9.18 Å². The number of benzene rings is 1. The predicted molar refractivity (Wildman–Crippen MR) is 76.8 cm³/mol. The number of ether oxygens (including phenoxy) is 2. The molecule has 114 valence electrons. The third-order valence-electron chi connectivity index (χ3n) is 3.53.